The van der Waals surface area contributed by atoms with Gasteiger partial charge in [-0.05, 0) is 24.0 Å². The van der Waals surface area contributed by atoms with Crippen molar-refractivity contribution in [2.24, 2.45) is 0 Å². The summed E-state index contributed by atoms with van der Waals surface area (Å²) in [7, 11) is 1.56. The van der Waals surface area contributed by atoms with Gasteiger partial charge >= 0.3 is 6.01 Å². The molecular formula is C22H28N6O3. The maximum absolute atomic E-state index is 12.0. The Morgan fingerprint density at radius 1 is 1.16 bits per heavy atom. The molecule has 1 aliphatic rings. The lowest BCUT2D eigenvalue weighted by atomic mass is 10.1. The van der Waals surface area contributed by atoms with Crippen molar-refractivity contribution in [3.63, 3.8) is 0 Å². The summed E-state index contributed by atoms with van der Waals surface area (Å²) in [6.07, 6.45) is 3.50. The molecule has 0 unspecified atom stereocenters. The number of ether oxygens (including phenoxy) is 2. The zero-order valence-electron chi connectivity index (χ0n) is 18.0. The fourth-order valence-corrected chi connectivity index (χ4v) is 3.75. The van der Waals surface area contributed by atoms with E-state index in [1.807, 2.05) is 27.7 Å². The van der Waals surface area contributed by atoms with Crippen molar-refractivity contribution < 1.29 is 14.3 Å². The van der Waals surface area contributed by atoms with Crippen molar-refractivity contribution in [3.05, 3.63) is 35.4 Å². The first-order chi connectivity index (χ1) is 15.1. The number of likely N-dealkylation sites (tertiary alicyclic amines) is 1. The number of fused-ring (bicyclic) bond motifs is 1. The molecule has 0 bridgehead atoms. The van der Waals surface area contributed by atoms with Crippen LogP contribution in [0.2, 0.25) is 0 Å². The van der Waals surface area contributed by atoms with Crippen LogP contribution in [0.4, 0.5) is 5.82 Å². The Morgan fingerprint density at radius 3 is 2.68 bits per heavy atom. The second-order valence-electron chi connectivity index (χ2n) is 7.69. The van der Waals surface area contributed by atoms with E-state index in [4.69, 9.17) is 15.2 Å². The van der Waals surface area contributed by atoms with Gasteiger partial charge in [0.25, 0.3) is 6.01 Å². The highest BCUT2D eigenvalue weighted by atomic mass is 16.5. The van der Waals surface area contributed by atoms with E-state index < -0.39 is 0 Å². The molecule has 164 valence electrons. The number of imidazole rings is 1. The zero-order chi connectivity index (χ0) is 21.8. The van der Waals surface area contributed by atoms with Crippen molar-refractivity contribution in [2.45, 2.75) is 45.7 Å². The summed E-state index contributed by atoms with van der Waals surface area (Å²) in [5.74, 6) is 0.477. The van der Waals surface area contributed by atoms with Gasteiger partial charge in [-0.2, -0.15) is 15.0 Å². The van der Waals surface area contributed by atoms with E-state index in [1.54, 1.807) is 7.11 Å². The van der Waals surface area contributed by atoms with Crippen molar-refractivity contribution in [1.82, 2.24) is 24.4 Å². The van der Waals surface area contributed by atoms with Crippen LogP contribution in [0.25, 0.3) is 11.2 Å². The third kappa shape index (κ3) is 4.55. The number of methoxy groups -OCH3 is 1. The summed E-state index contributed by atoms with van der Waals surface area (Å²) in [6, 6.07) is 8.81. The topological polar surface area (TPSA) is 108 Å². The lowest BCUT2D eigenvalue weighted by molar-refractivity contribution is -0.128. The van der Waals surface area contributed by atoms with Crippen molar-refractivity contribution >= 4 is 22.9 Å². The molecule has 3 aromatic rings. The maximum Gasteiger partial charge on any atom is 0.320 e. The minimum absolute atomic E-state index is 0.218. The van der Waals surface area contributed by atoms with Crippen LogP contribution in [-0.4, -0.2) is 50.6 Å². The van der Waals surface area contributed by atoms with E-state index in [1.165, 1.54) is 0 Å². The first kappa shape index (κ1) is 20.9. The van der Waals surface area contributed by atoms with Crippen LogP contribution in [0.15, 0.2) is 24.3 Å². The van der Waals surface area contributed by atoms with Crippen molar-refractivity contribution in [2.75, 3.05) is 26.0 Å². The lowest BCUT2D eigenvalue weighted by Gasteiger charge is -2.16. The zero-order valence-corrected chi connectivity index (χ0v) is 18.0. The Kier molecular flexibility index (Phi) is 6.20. The number of nitrogens with zero attached hydrogens (tertiary/aromatic N) is 5. The van der Waals surface area contributed by atoms with Gasteiger partial charge in [-0.3, -0.25) is 9.36 Å². The van der Waals surface area contributed by atoms with E-state index in [2.05, 4.69) is 27.9 Å². The van der Waals surface area contributed by atoms with E-state index in [-0.39, 0.29) is 17.7 Å². The number of anilines is 1. The molecule has 1 amide bonds. The van der Waals surface area contributed by atoms with Crippen LogP contribution in [-0.2, 0) is 17.9 Å². The number of unbranched alkanes of at least 4 members (excludes halogenated alkanes) is 1. The SMILES string of the molecule is CCCCOc1nc(N)c2nc(OC)n(Cc3cccc(CN4CCCC4=O)c3)c2n1. The molecule has 0 spiro atoms. The van der Waals surface area contributed by atoms with Gasteiger partial charge in [0.1, 0.15) is 0 Å². The highest BCUT2D eigenvalue weighted by Gasteiger charge is 2.21. The van der Waals surface area contributed by atoms with E-state index in [0.717, 1.165) is 36.9 Å². The molecule has 4 rings (SSSR count). The number of carbonyl (C=O) groups excluding carboxylic acids is 1. The van der Waals surface area contributed by atoms with E-state index >= 15 is 0 Å². The molecular weight excluding hydrogens is 396 g/mol. The average molecular weight is 425 g/mol. The number of rotatable bonds is 9. The minimum Gasteiger partial charge on any atom is -0.468 e. The molecule has 0 aliphatic carbocycles. The normalized spacial score (nSPS) is 13.9. The molecule has 2 N–H and O–H groups in total. The molecule has 1 aliphatic heterocycles. The molecule has 2 aromatic heterocycles. The Labute approximate surface area is 181 Å². The van der Waals surface area contributed by atoms with Gasteiger partial charge in [-0.25, -0.2) is 0 Å². The van der Waals surface area contributed by atoms with Crippen LogP contribution in [0.3, 0.4) is 0 Å². The monoisotopic (exact) mass is 424 g/mol. The van der Waals surface area contributed by atoms with E-state index in [9.17, 15) is 4.79 Å². The highest BCUT2D eigenvalue weighted by Crippen LogP contribution is 2.27. The Bertz CT molecular complexity index is 1080. The van der Waals surface area contributed by atoms with Crippen LogP contribution >= 0.6 is 0 Å². The Hall–Kier alpha value is -3.36. The molecule has 3 heterocycles. The number of amides is 1. The molecule has 1 aromatic carbocycles. The Morgan fingerprint density at radius 2 is 1.97 bits per heavy atom. The summed E-state index contributed by atoms with van der Waals surface area (Å²) in [6.45, 7) is 4.56. The average Bonchev–Trinajstić information content (AvgIpc) is 3.32. The summed E-state index contributed by atoms with van der Waals surface area (Å²) in [5.41, 5.74) is 9.31. The molecule has 1 fully saturated rings. The second-order valence-corrected chi connectivity index (χ2v) is 7.69. The van der Waals surface area contributed by atoms with Gasteiger partial charge in [0.05, 0.1) is 20.3 Å². The van der Waals surface area contributed by atoms with Gasteiger partial charge in [-0.15, -0.1) is 0 Å². The highest BCUT2D eigenvalue weighted by molar-refractivity contribution is 5.83. The molecule has 9 heteroatoms. The molecule has 31 heavy (non-hydrogen) atoms. The molecule has 1 saturated heterocycles. The van der Waals surface area contributed by atoms with Gasteiger partial charge in [0.15, 0.2) is 17.0 Å². The minimum atomic E-state index is 0.218. The summed E-state index contributed by atoms with van der Waals surface area (Å²) >= 11 is 0. The predicted octanol–water partition coefficient (Wildman–Crippen LogP) is 2.77. The summed E-state index contributed by atoms with van der Waals surface area (Å²) in [5, 5.41) is 0. The number of nitrogen functional groups attached to an aromatic ring is 1. The van der Waals surface area contributed by atoms with E-state index in [0.29, 0.717) is 43.3 Å². The third-order valence-corrected chi connectivity index (χ3v) is 5.35. The summed E-state index contributed by atoms with van der Waals surface area (Å²) < 4.78 is 13.0. The maximum atomic E-state index is 12.0. The number of hydrogen-bond donors (Lipinski definition) is 1. The van der Waals surface area contributed by atoms with Crippen LogP contribution in [0, 0.1) is 0 Å². The first-order valence-electron chi connectivity index (χ1n) is 10.6. The van der Waals surface area contributed by atoms with Crippen LogP contribution < -0.4 is 15.2 Å². The second kappa shape index (κ2) is 9.20. The lowest BCUT2D eigenvalue weighted by Crippen LogP contribution is -2.23. The van der Waals surface area contributed by atoms with Crippen LogP contribution in [0.5, 0.6) is 12.0 Å². The smallest absolute Gasteiger partial charge is 0.320 e. The number of carbonyl (C=O) groups is 1. The number of hydrogen-bond acceptors (Lipinski definition) is 7. The van der Waals surface area contributed by atoms with Gasteiger partial charge in [0.2, 0.25) is 5.91 Å². The van der Waals surface area contributed by atoms with Gasteiger partial charge in [-0.1, -0.05) is 37.6 Å². The fraction of sp³-hybridized carbons (Fsp3) is 0.455. The Balaban J connectivity index is 1.62. The standard InChI is InChI=1S/C22H28N6O3/c1-3-4-11-31-21-25-19(23)18-20(26-21)28(22(24-18)30-2)14-16-8-5-7-15(12-16)13-27-10-6-9-17(27)29/h5,7-8,12H,3-4,6,9-11,13-14H2,1-2H3,(H2,23,25,26). The van der Waals surface area contributed by atoms with Gasteiger partial charge in [0, 0.05) is 19.5 Å². The summed E-state index contributed by atoms with van der Waals surface area (Å²) in [4.78, 5) is 27.1. The molecule has 0 saturated carbocycles. The number of benzene rings is 1. The largest absolute Gasteiger partial charge is 0.468 e. The molecule has 0 radical (unpaired) electrons. The van der Waals surface area contributed by atoms with Crippen molar-refractivity contribution in [3.8, 4) is 12.0 Å². The molecule has 0 atom stereocenters. The predicted molar refractivity (Wildman–Crippen MR) is 117 cm³/mol. The number of nitrogens with two attached hydrogens (primary N) is 1. The molecule has 9 nitrogen and oxygen atoms in total. The van der Waals surface area contributed by atoms with Gasteiger partial charge < -0.3 is 20.1 Å². The number of aromatic nitrogens is 4. The van der Waals surface area contributed by atoms with Crippen molar-refractivity contribution in [1.29, 1.82) is 0 Å². The third-order valence-electron chi connectivity index (χ3n) is 5.35. The fourth-order valence-electron chi connectivity index (χ4n) is 3.75. The first-order valence-corrected chi connectivity index (χ1v) is 10.6. The van der Waals surface area contributed by atoms with Crippen LogP contribution in [0.1, 0.15) is 43.7 Å². The quantitative estimate of drug-likeness (QED) is 0.526.